The summed E-state index contributed by atoms with van der Waals surface area (Å²) in [5.41, 5.74) is 1.89. The Bertz CT molecular complexity index is 846. The summed E-state index contributed by atoms with van der Waals surface area (Å²) in [6, 6.07) is 11.3. The number of hydrogen-bond donors (Lipinski definition) is 2. The van der Waals surface area contributed by atoms with Crippen molar-refractivity contribution in [3.63, 3.8) is 0 Å². The Hall–Kier alpha value is -2.54. The summed E-state index contributed by atoms with van der Waals surface area (Å²) >= 11 is 0. The van der Waals surface area contributed by atoms with Gasteiger partial charge in [0.05, 0.1) is 13.5 Å². The van der Waals surface area contributed by atoms with E-state index in [4.69, 9.17) is 4.74 Å². The molecule has 1 aliphatic heterocycles. The number of para-hydroxylation sites is 1. The summed E-state index contributed by atoms with van der Waals surface area (Å²) < 4.78 is 32.5. The Balaban J connectivity index is 1.92. The first kappa shape index (κ1) is 14.4. The van der Waals surface area contributed by atoms with Crippen molar-refractivity contribution in [3.8, 4) is 5.75 Å². The van der Waals surface area contributed by atoms with Crippen molar-refractivity contribution in [2.75, 3.05) is 17.1 Å². The average molecular weight is 318 g/mol. The summed E-state index contributed by atoms with van der Waals surface area (Å²) in [5, 5.41) is 2.70. The van der Waals surface area contributed by atoms with Gasteiger partial charge in [-0.05, 0) is 35.9 Å². The van der Waals surface area contributed by atoms with Gasteiger partial charge in [0.25, 0.3) is 10.0 Å². The fourth-order valence-corrected chi connectivity index (χ4v) is 3.56. The lowest BCUT2D eigenvalue weighted by Gasteiger charge is -2.12. The molecule has 22 heavy (non-hydrogen) atoms. The number of nitrogens with one attached hydrogen (secondary N) is 2. The zero-order valence-electron chi connectivity index (χ0n) is 11.8. The lowest BCUT2D eigenvalue weighted by molar-refractivity contribution is -0.115. The van der Waals surface area contributed by atoms with Crippen LogP contribution in [0.25, 0.3) is 0 Å². The molecule has 3 rings (SSSR count). The van der Waals surface area contributed by atoms with E-state index in [1.165, 1.54) is 13.2 Å². The van der Waals surface area contributed by atoms with E-state index in [0.29, 0.717) is 11.4 Å². The maximum absolute atomic E-state index is 12.5. The van der Waals surface area contributed by atoms with Gasteiger partial charge in [-0.3, -0.25) is 9.52 Å². The van der Waals surface area contributed by atoms with E-state index < -0.39 is 10.0 Å². The normalized spacial score (nSPS) is 13.4. The van der Waals surface area contributed by atoms with Crippen molar-refractivity contribution < 1.29 is 17.9 Å². The molecule has 0 atom stereocenters. The average Bonchev–Trinajstić information content (AvgIpc) is 2.86. The molecule has 2 aromatic carbocycles. The van der Waals surface area contributed by atoms with E-state index in [9.17, 15) is 13.2 Å². The lowest BCUT2D eigenvalue weighted by atomic mass is 10.1. The molecule has 114 valence electrons. The van der Waals surface area contributed by atoms with Gasteiger partial charge in [0, 0.05) is 11.4 Å². The molecule has 1 amide bonds. The van der Waals surface area contributed by atoms with Crippen LogP contribution in [-0.2, 0) is 21.2 Å². The van der Waals surface area contributed by atoms with Crippen molar-refractivity contribution in [2.24, 2.45) is 0 Å². The van der Waals surface area contributed by atoms with Crippen LogP contribution in [0, 0.1) is 0 Å². The molecule has 0 saturated carbocycles. The highest BCUT2D eigenvalue weighted by molar-refractivity contribution is 7.92. The number of anilines is 2. The highest BCUT2D eigenvalue weighted by atomic mass is 32.2. The molecule has 1 heterocycles. The number of carbonyl (C=O) groups is 1. The Morgan fingerprint density at radius 3 is 2.73 bits per heavy atom. The van der Waals surface area contributed by atoms with Crippen LogP contribution in [-0.4, -0.2) is 21.4 Å². The zero-order valence-corrected chi connectivity index (χ0v) is 12.6. The second kappa shape index (κ2) is 5.34. The minimum Gasteiger partial charge on any atom is -0.495 e. The van der Waals surface area contributed by atoms with Crippen LogP contribution in [0.2, 0.25) is 0 Å². The first-order chi connectivity index (χ1) is 10.5. The molecular formula is C15H14N2O4S. The number of carbonyl (C=O) groups excluding carboxylic acids is 1. The highest BCUT2D eigenvalue weighted by Crippen LogP contribution is 2.29. The van der Waals surface area contributed by atoms with Crippen LogP contribution in [0.1, 0.15) is 5.56 Å². The summed E-state index contributed by atoms with van der Waals surface area (Å²) in [6.07, 6.45) is 0.250. The van der Waals surface area contributed by atoms with Crippen molar-refractivity contribution in [3.05, 3.63) is 48.0 Å². The van der Waals surface area contributed by atoms with Crippen molar-refractivity contribution in [1.29, 1.82) is 0 Å². The molecule has 0 radical (unpaired) electrons. The fraction of sp³-hybridized carbons (Fsp3) is 0.133. The van der Waals surface area contributed by atoms with Gasteiger partial charge in [-0.15, -0.1) is 0 Å². The van der Waals surface area contributed by atoms with E-state index in [2.05, 4.69) is 10.0 Å². The van der Waals surface area contributed by atoms with E-state index in [-0.39, 0.29) is 23.0 Å². The van der Waals surface area contributed by atoms with Gasteiger partial charge in [-0.2, -0.15) is 0 Å². The fourth-order valence-electron chi connectivity index (χ4n) is 2.34. The van der Waals surface area contributed by atoms with Gasteiger partial charge in [0.15, 0.2) is 0 Å². The molecule has 6 nitrogen and oxygen atoms in total. The first-order valence-corrected chi connectivity index (χ1v) is 8.06. The van der Waals surface area contributed by atoms with Crippen LogP contribution < -0.4 is 14.8 Å². The van der Waals surface area contributed by atoms with Gasteiger partial charge in [0.2, 0.25) is 5.91 Å². The third-order valence-electron chi connectivity index (χ3n) is 3.34. The van der Waals surface area contributed by atoms with E-state index in [1.54, 1.807) is 36.4 Å². The van der Waals surface area contributed by atoms with Crippen LogP contribution in [0.3, 0.4) is 0 Å². The molecule has 2 aromatic rings. The standard InChI is InChI=1S/C15H14N2O4S/c1-21-13-4-2-3-5-14(13)22(19,20)17-11-6-7-12-10(8-11)9-15(18)16-12/h2-8,17H,9H2,1H3,(H,16,18). The van der Waals surface area contributed by atoms with Gasteiger partial charge in [0.1, 0.15) is 10.6 Å². The van der Waals surface area contributed by atoms with Crippen LogP contribution >= 0.6 is 0 Å². The lowest BCUT2D eigenvalue weighted by Crippen LogP contribution is -2.14. The van der Waals surface area contributed by atoms with Crippen molar-refractivity contribution >= 4 is 27.3 Å². The number of sulfonamides is 1. The minimum atomic E-state index is -3.77. The number of fused-ring (bicyclic) bond motifs is 1. The van der Waals surface area contributed by atoms with Crippen LogP contribution in [0.15, 0.2) is 47.4 Å². The molecule has 1 aliphatic rings. The molecule has 0 fully saturated rings. The summed E-state index contributed by atoms with van der Waals surface area (Å²) in [5.74, 6) is 0.174. The Morgan fingerprint density at radius 2 is 1.95 bits per heavy atom. The quantitative estimate of drug-likeness (QED) is 0.903. The summed E-state index contributed by atoms with van der Waals surface area (Å²) in [7, 11) is -2.35. The molecule has 0 aliphatic carbocycles. The van der Waals surface area contributed by atoms with E-state index in [0.717, 1.165) is 5.56 Å². The Morgan fingerprint density at radius 1 is 1.18 bits per heavy atom. The molecule has 0 spiro atoms. The monoisotopic (exact) mass is 318 g/mol. The maximum Gasteiger partial charge on any atom is 0.265 e. The predicted molar refractivity (Wildman–Crippen MR) is 82.6 cm³/mol. The van der Waals surface area contributed by atoms with E-state index >= 15 is 0 Å². The first-order valence-electron chi connectivity index (χ1n) is 6.58. The summed E-state index contributed by atoms with van der Waals surface area (Å²) in [6.45, 7) is 0. The molecule has 7 heteroatoms. The molecule has 2 N–H and O–H groups in total. The molecule has 0 bridgehead atoms. The maximum atomic E-state index is 12.5. The van der Waals surface area contributed by atoms with Crippen LogP contribution in [0.5, 0.6) is 5.75 Å². The second-order valence-electron chi connectivity index (χ2n) is 4.85. The number of benzene rings is 2. The largest absolute Gasteiger partial charge is 0.495 e. The van der Waals surface area contributed by atoms with Gasteiger partial charge in [-0.1, -0.05) is 12.1 Å². The number of methoxy groups -OCH3 is 1. The molecule has 0 aromatic heterocycles. The SMILES string of the molecule is COc1ccccc1S(=O)(=O)Nc1ccc2c(c1)CC(=O)N2. The Kier molecular flexibility index (Phi) is 3.50. The zero-order chi connectivity index (χ0) is 15.7. The van der Waals surface area contributed by atoms with Crippen molar-refractivity contribution in [2.45, 2.75) is 11.3 Å². The van der Waals surface area contributed by atoms with Gasteiger partial charge >= 0.3 is 0 Å². The van der Waals surface area contributed by atoms with Gasteiger partial charge in [-0.25, -0.2) is 8.42 Å². The smallest absolute Gasteiger partial charge is 0.265 e. The molecule has 0 saturated heterocycles. The summed E-state index contributed by atoms with van der Waals surface area (Å²) in [4.78, 5) is 11.4. The van der Waals surface area contributed by atoms with Gasteiger partial charge < -0.3 is 10.1 Å². The minimum absolute atomic E-state index is 0.0622. The highest BCUT2D eigenvalue weighted by Gasteiger charge is 2.21. The molecular weight excluding hydrogens is 304 g/mol. The topological polar surface area (TPSA) is 84.5 Å². The predicted octanol–water partition coefficient (Wildman–Crippen LogP) is 1.99. The number of rotatable bonds is 4. The number of hydrogen-bond acceptors (Lipinski definition) is 4. The van der Waals surface area contributed by atoms with Crippen molar-refractivity contribution in [1.82, 2.24) is 0 Å². The number of ether oxygens (including phenoxy) is 1. The Labute approximate surface area is 128 Å². The second-order valence-corrected chi connectivity index (χ2v) is 6.50. The van der Waals surface area contributed by atoms with E-state index in [1.807, 2.05) is 0 Å². The molecule has 0 unspecified atom stereocenters. The van der Waals surface area contributed by atoms with Crippen LogP contribution in [0.4, 0.5) is 11.4 Å². The third kappa shape index (κ3) is 2.62. The number of amides is 1. The third-order valence-corrected chi connectivity index (χ3v) is 4.76.